The molecule has 0 aliphatic heterocycles. The number of sulfonamides is 1. The molecule has 2 aromatic carbocycles. The van der Waals surface area contributed by atoms with Crippen LogP contribution in [0.5, 0.6) is 0 Å². The van der Waals surface area contributed by atoms with Crippen molar-refractivity contribution in [3.8, 4) is 11.2 Å². The lowest BCUT2D eigenvalue weighted by atomic mass is 9.81. The van der Waals surface area contributed by atoms with Crippen LogP contribution in [-0.4, -0.2) is 12.6 Å². The van der Waals surface area contributed by atoms with Crippen LogP contribution in [0.3, 0.4) is 0 Å². The molecule has 0 aliphatic rings. The molecule has 200 valence electrons. The van der Waals surface area contributed by atoms with Crippen LogP contribution in [0, 0.1) is 35.9 Å². The van der Waals surface area contributed by atoms with Gasteiger partial charge in [-0.15, -0.1) is 0 Å². The normalized spacial score (nSPS) is 15.2. The van der Waals surface area contributed by atoms with Gasteiger partial charge in [0, 0.05) is 11.7 Å². The molecule has 0 amide bonds. The molecule has 6 heteroatoms. The zero-order valence-electron chi connectivity index (χ0n) is 22.8. The monoisotopic (exact) mass is 539 g/mol. The fourth-order valence-electron chi connectivity index (χ4n) is 4.31. The van der Waals surface area contributed by atoms with Crippen LogP contribution in [0.4, 0.5) is 0 Å². The van der Waals surface area contributed by atoms with Gasteiger partial charge in [0.2, 0.25) is 0 Å². The third-order valence-electron chi connectivity index (χ3n) is 6.47. The van der Waals surface area contributed by atoms with E-state index in [2.05, 4.69) is 49.2 Å². The van der Waals surface area contributed by atoms with Crippen molar-refractivity contribution < 1.29 is 12.6 Å². The van der Waals surface area contributed by atoms with E-state index in [1.807, 2.05) is 19.1 Å². The summed E-state index contributed by atoms with van der Waals surface area (Å²) in [5.41, 5.74) is 2.18. The maximum absolute atomic E-state index is 13.9. The Labute approximate surface area is 225 Å². The highest BCUT2D eigenvalue weighted by molar-refractivity contribution is 8.06. The Bertz CT molecular complexity index is 1340. The summed E-state index contributed by atoms with van der Waals surface area (Å²) >= 11 is 0. The van der Waals surface area contributed by atoms with Crippen LogP contribution >= 0.6 is 0 Å². The molecule has 0 radical (unpaired) electrons. The smallest absolute Gasteiger partial charge is 0.230 e. The van der Waals surface area contributed by atoms with E-state index < -0.39 is 19.8 Å². The van der Waals surface area contributed by atoms with E-state index in [0.717, 1.165) is 18.4 Å². The zero-order valence-corrected chi connectivity index (χ0v) is 24.4. The molecular formula is C31H41NO3S2. The number of hydrogen-bond acceptors (Lipinski definition) is 3. The maximum atomic E-state index is 13.9. The Hall–Kier alpha value is -2.62. The second-order valence-electron chi connectivity index (χ2n) is 10.1. The minimum Gasteiger partial charge on any atom is -0.230 e. The molecule has 2 rings (SSSR count). The number of aryl methyl sites for hydroxylation is 1. The Morgan fingerprint density at radius 3 is 2.19 bits per heavy atom. The number of benzene rings is 2. The number of hydrogen-bond donors (Lipinski definition) is 0. The second-order valence-corrected chi connectivity index (χ2v) is 13.8. The summed E-state index contributed by atoms with van der Waals surface area (Å²) in [6.07, 6.45) is 8.66. The van der Waals surface area contributed by atoms with E-state index in [1.54, 1.807) is 42.5 Å². The van der Waals surface area contributed by atoms with E-state index in [1.165, 1.54) is 30.5 Å². The van der Waals surface area contributed by atoms with Gasteiger partial charge in [-0.3, -0.25) is 0 Å². The molecule has 0 bridgehead atoms. The van der Waals surface area contributed by atoms with Gasteiger partial charge in [-0.1, -0.05) is 110 Å². The summed E-state index contributed by atoms with van der Waals surface area (Å²) in [5.74, 6) is 4.51. The zero-order chi connectivity index (χ0) is 27.5. The van der Waals surface area contributed by atoms with Crippen LogP contribution in [0.25, 0.3) is 0 Å². The highest BCUT2D eigenvalue weighted by atomic mass is 32.3. The number of allylic oxidation sites excluding steroid dienone is 3. The predicted molar refractivity (Wildman–Crippen MR) is 156 cm³/mol. The first-order valence-electron chi connectivity index (χ1n) is 12.9. The summed E-state index contributed by atoms with van der Waals surface area (Å²) in [6.45, 7) is 14.6. The standard InChI is InChI=1S/C31H41NO3S2/c1-7-14-27(5)31(28(6)16-13-15-25(2)3)19-11-12-24-36(33,29-17-9-8-10-18-29)32-37(34,35)30-22-20-26(4)21-23-30/h7-10,14,17-18,20-23,25,28,31H,1,11,13,15-16,19H2,2-6H3/b27-14+/t28-,31+,36-/m1/s1. The number of rotatable bonds is 12. The lowest BCUT2D eigenvalue weighted by molar-refractivity contribution is 0.346. The van der Waals surface area contributed by atoms with Crippen molar-refractivity contribution in [2.24, 2.45) is 21.5 Å². The highest BCUT2D eigenvalue weighted by Gasteiger charge is 2.20. The van der Waals surface area contributed by atoms with Crippen molar-refractivity contribution in [1.29, 1.82) is 0 Å². The quantitative estimate of drug-likeness (QED) is 0.202. The van der Waals surface area contributed by atoms with Gasteiger partial charge < -0.3 is 0 Å². The van der Waals surface area contributed by atoms with E-state index in [9.17, 15) is 12.6 Å². The van der Waals surface area contributed by atoms with Crippen LogP contribution in [-0.2, 0) is 19.8 Å². The minimum atomic E-state index is -4.16. The van der Waals surface area contributed by atoms with E-state index in [4.69, 9.17) is 0 Å². The average molecular weight is 540 g/mol. The third kappa shape index (κ3) is 9.64. The van der Waals surface area contributed by atoms with Crippen molar-refractivity contribution in [2.45, 2.75) is 76.5 Å². The fraction of sp³-hybridized carbons (Fsp3) is 0.419. The van der Waals surface area contributed by atoms with Crippen molar-refractivity contribution in [1.82, 2.24) is 0 Å². The first kappa shape index (κ1) is 30.6. The molecule has 0 saturated heterocycles. The molecule has 4 nitrogen and oxygen atoms in total. The topological polar surface area (TPSA) is 63.6 Å². The SMILES string of the molecule is C=C/C=C(\C)[C@H](CCC#C[S@](=O)(=NS(=O)(=O)c1ccc(C)cc1)c1ccccc1)[C@H](C)CCCC(C)C. The largest absolute Gasteiger partial charge is 0.291 e. The summed E-state index contributed by atoms with van der Waals surface area (Å²) in [6, 6.07) is 14.8. The Morgan fingerprint density at radius 1 is 0.946 bits per heavy atom. The first-order valence-corrected chi connectivity index (χ1v) is 15.9. The molecule has 0 unspecified atom stereocenters. The van der Waals surface area contributed by atoms with Gasteiger partial charge in [-0.25, -0.2) is 4.21 Å². The van der Waals surface area contributed by atoms with Crippen LogP contribution < -0.4 is 0 Å². The van der Waals surface area contributed by atoms with Gasteiger partial charge >= 0.3 is 0 Å². The van der Waals surface area contributed by atoms with E-state index >= 15 is 0 Å². The fourth-order valence-corrected chi connectivity index (χ4v) is 7.68. The molecule has 0 saturated carbocycles. The van der Waals surface area contributed by atoms with Gasteiger partial charge in [0.25, 0.3) is 10.0 Å². The summed E-state index contributed by atoms with van der Waals surface area (Å²) < 4.78 is 43.9. The molecule has 0 spiro atoms. The van der Waals surface area contributed by atoms with Gasteiger partial charge in [0.15, 0.2) is 9.73 Å². The Kier molecular flexibility index (Phi) is 11.9. The van der Waals surface area contributed by atoms with Gasteiger partial charge in [0.1, 0.15) is 0 Å². The molecular weight excluding hydrogens is 498 g/mol. The summed E-state index contributed by atoms with van der Waals surface area (Å²) in [5, 5.41) is 2.77. The maximum Gasteiger partial charge on any atom is 0.291 e. The lowest BCUT2D eigenvalue weighted by Crippen LogP contribution is -2.13. The molecule has 3 atom stereocenters. The highest BCUT2D eigenvalue weighted by Crippen LogP contribution is 2.30. The molecule has 0 aliphatic carbocycles. The molecule has 0 aromatic heterocycles. The molecule has 37 heavy (non-hydrogen) atoms. The third-order valence-corrected chi connectivity index (χ3v) is 10.3. The van der Waals surface area contributed by atoms with E-state index in [-0.39, 0.29) is 4.90 Å². The van der Waals surface area contributed by atoms with Crippen LogP contribution in [0.1, 0.15) is 65.4 Å². The average Bonchev–Trinajstić information content (AvgIpc) is 2.84. The van der Waals surface area contributed by atoms with Gasteiger partial charge in [-0.2, -0.15) is 8.42 Å². The minimum absolute atomic E-state index is 0.00373. The van der Waals surface area contributed by atoms with Crippen LogP contribution in [0.15, 0.2) is 92.5 Å². The second kappa shape index (κ2) is 14.4. The van der Waals surface area contributed by atoms with Crippen molar-refractivity contribution in [2.75, 3.05) is 0 Å². The van der Waals surface area contributed by atoms with E-state index in [0.29, 0.717) is 29.1 Å². The van der Waals surface area contributed by atoms with Crippen molar-refractivity contribution in [3.63, 3.8) is 0 Å². The molecule has 0 heterocycles. The van der Waals surface area contributed by atoms with Gasteiger partial charge in [0.05, 0.1) is 9.79 Å². The van der Waals surface area contributed by atoms with Gasteiger partial charge in [-0.05, 0) is 62.3 Å². The molecule has 0 N–H and O–H groups in total. The Morgan fingerprint density at radius 2 is 1.59 bits per heavy atom. The van der Waals surface area contributed by atoms with Crippen molar-refractivity contribution in [3.05, 3.63) is 84.5 Å². The Balaban J connectivity index is 2.36. The lowest BCUT2D eigenvalue weighted by Gasteiger charge is -2.24. The number of nitrogens with zero attached hydrogens (tertiary/aromatic N) is 1. The first-order chi connectivity index (χ1) is 17.5. The van der Waals surface area contributed by atoms with Crippen molar-refractivity contribution >= 4 is 19.8 Å². The van der Waals surface area contributed by atoms with Crippen LogP contribution in [0.2, 0.25) is 0 Å². The molecule has 0 fully saturated rings. The summed E-state index contributed by atoms with van der Waals surface area (Å²) in [7, 11) is -7.67. The predicted octanol–water partition coefficient (Wildman–Crippen LogP) is 8.16. The summed E-state index contributed by atoms with van der Waals surface area (Å²) in [4.78, 5) is 0.295. The molecule has 2 aromatic rings.